The molecule has 0 spiro atoms. The quantitative estimate of drug-likeness (QED) is 0.854. The van der Waals surface area contributed by atoms with Crippen LogP contribution < -0.4 is 10.6 Å². The highest BCUT2D eigenvalue weighted by Gasteiger charge is 2.15. The Balaban J connectivity index is 1.71. The van der Waals surface area contributed by atoms with Gasteiger partial charge >= 0.3 is 0 Å². The van der Waals surface area contributed by atoms with Gasteiger partial charge in [-0.1, -0.05) is 30.3 Å². The van der Waals surface area contributed by atoms with E-state index in [0.717, 1.165) is 31.0 Å². The fourth-order valence-electron chi connectivity index (χ4n) is 2.64. The van der Waals surface area contributed by atoms with Gasteiger partial charge in [0.25, 0.3) is 0 Å². The van der Waals surface area contributed by atoms with Crippen molar-refractivity contribution in [3.63, 3.8) is 0 Å². The second-order valence-corrected chi connectivity index (χ2v) is 5.43. The van der Waals surface area contributed by atoms with Gasteiger partial charge in [-0.15, -0.1) is 0 Å². The minimum atomic E-state index is 0.0988. The summed E-state index contributed by atoms with van der Waals surface area (Å²) in [6, 6.07) is 10.2. The lowest BCUT2D eigenvalue weighted by Crippen LogP contribution is -2.30. The van der Waals surface area contributed by atoms with Crippen LogP contribution in [0.25, 0.3) is 0 Å². The maximum atomic E-state index is 11.9. The van der Waals surface area contributed by atoms with Crippen molar-refractivity contribution in [2.24, 2.45) is 5.92 Å². The van der Waals surface area contributed by atoms with Gasteiger partial charge in [-0.25, -0.2) is 0 Å². The average Bonchev–Trinajstić information content (AvgIpc) is 2.47. The molecular weight excluding hydrogens is 236 g/mol. The molecule has 1 aliphatic rings. The van der Waals surface area contributed by atoms with Crippen molar-refractivity contribution in [1.29, 1.82) is 0 Å². The summed E-state index contributed by atoms with van der Waals surface area (Å²) in [7, 11) is 0. The van der Waals surface area contributed by atoms with Crippen LogP contribution >= 0.6 is 0 Å². The predicted molar refractivity (Wildman–Crippen MR) is 77.8 cm³/mol. The minimum Gasteiger partial charge on any atom is -0.350 e. The highest BCUT2D eigenvalue weighted by Crippen LogP contribution is 2.18. The summed E-state index contributed by atoms with van der Waals surface area (Å²) in [6.07, 6.45) is 4.10. The lowest BCUT2D eigenvalue weighted by molar-refractivity contribution is -0.122. The van der Waals surface area contributed by atoms with E-state index in [2.05, 4.69) is 22.8 Å². The summed E-state index contributed by atoms with van der Waals surface area (Å²) in [5, 5.41) is 6.44. The van der Waals surface area contributed by atoms with Crippen molar-refractivity contribution < 1.29 is 4.79 Å². The first-order chi connectivity index (χ1) is 9.25. The van der Waals surface area contributed by atoms with Crippen molar-refractivity contribution in [1.82, 2.24) is 10.6 Å². The highest BCUT2D eigenvalue weighted by atomic mass is 16.1. The summed E-state index contributed by atoms with van der Waals surface area (Å²) in [5.74, 6) is 0.897. The lowest BCUT2D eigenvalue weighted by atomic mass is 9.93. The van der Waals surface area contributed by atoms with Crippen LogP contribution in [0.1, 0.15) is 44.2 Å². The number of nitrogens with one attached hydrogen (secondary N) is 2. The van der Waals surface area contributed by atoms with Crippen molar-refractivity contribution in [3.8, 4) is 0 Å². The Morgan fingerprint density at radius 1 is 1.32 bits per heavy atom. The number of hydrogen-bond donors (Lipinski definition) is 2. The largest absolute Gasteiger partial charge is 0.350 e. The SMILES string of the molecule is CC(NC(=O)CCC1CCNCC1)c1ccccc1. The Hall–Kier alpha value is -1.35. The summed E-state index contributed by atoms with van der Waals surface area (Å²) in [6.45, 7) is 4.25. The standard InChI is InChI=1S/C16H24N2O/c1-13(15-5-3-2-4-6-15)18-16(19)8-7-14-9-11-17-12-10-14/h2-6,13-14,17H,7-12H2,1H3,(H,18,19). The summed E-state index contributed by atoms with van der Waals surface area (Å²) in [5.41, 5.74) is 1.16. The minimum absolute atomic E-state index is 0.0988. The summed E-state index contributed by atoms with van der Waals surface area (Å²) >= 11 is 0. The molecule has 1 aromatic rings. The number of benzene rings is 1. The van der Waals surface area contributed by atoms with Gasteiger partial charge in [-0.2, -0.15) is 0 Å². The molecule has 1 amide bonds. The number of rotatable bonds is 5. The van der Waals surface area contributed by atoms with Crippen LogP contribution in [0.2, 0.25) is 0 Å². The van der Waals surface area contributed by atoms with Crippen molar-refractivity contribution in [2.45, 2.75) is 38.6 Å². The van der Waals surface area contributed by atoms with Crippen LogP contribution in [-0.4, -0.2) is 19.0 Å². The smallest absolute Gasteiger partial charge is 0.220 e. The number of carbonyl (C=O) groups is 1. The van der Waals surface area contributed by atoms with Crippen LogP contribution in [0, 0.1) is 5.92 Å². The van der Waals surface area contributed by atoms with E-state index in [1.54, 1.807) is 0 Å². The van der Waals surface area contributed by atoms with E-state index < -0.39 is 0 Å². The highest BCUT2D eigenvalue weighted by molar-refractivity contribution is 5.76. The molecule has 1 heterocycles. The predicted octanol–water partition coefficient (Wildman–Crippen LogP) is 2.64. The Morgan fingerprint density at radius 3 is 2.68 bits per heavy atom. The van der Waals surface area contributed by atoms with E-state index in [1.807, 2.05) is 25.1 Å². The molecule has 1 aliphatic heterocycles. The van der Waals surface area contributed by atoms with Crippen molar-refractivity contribution >= 4 is 5.91 Å². The first-order valence-electron chi connectivity index (χ1n) is 7.30. The van der Waals surface area contributed by atoms with Gasteiger partial charge < -0.3 is 10.6 Å². The summed E-state index contributed by atoms with van der Waals surface area (Å²) < 4.78 is 0. The Labute approximate surface area is 115 Å². The van der Waals surface area contributed by atoms with Gasteiger partial charge in [-0.3, -0.25) is 4.79 Å². The van der Waals surface area contributed by atoms with Gasteiger partial charge in [0.1, 0.15) is 0 Å². The van der Waals surface area contributed by atoms with Crippen LogP contribution in [0.4, 0.5) is 0 Å². The second kappa shape index (κ2) is 7.29. The molecule has 0 radical (unpaired) electrons. The zero-order chi connectivity index (χ0) is 13.5. The second-order valence-electron chi connectivity index (χ2n) is 5.43. The topological polar surface area (TPSA) is 41.1 Å². The Morgan fingerprint density at radius 2 is 2.00 bits per heavy atom. The van der Waals surface area contributed by atoms with Gasteiger partial charge in [-0.05, 0) is 50.8 Å². The molecule has 19 heavy (non-hydrogen) atoms. The fourth-order valence-corrected chi connectivity index (χ4v) is 2.64. The Bertz CT molecular complexity index is 385. The molecule has 2 rings (SSSR count). The van der Waals surface area contributed by atoms with Crippen LogP contribution in [0.5, 0.6) is 0 Å². The zero-order valence-electron chi connectivity index (χ0n) is 11.7. The number of piperidine rings is 1. The molecule has 3 nitrogen and oxygen atoms in total. The van der Waals surface area contributed by atoms with Gasteiger partial charge in [0.05, 0.1) is 6.04 Å². The van der Waals surface area contributed by atoms with E-state index in [1.165, 1.54) is 12.8 Å². The monoisotopic (exact) mass is 260 g/mol. The normalized spacial score (nSPS) is 17.9. The lowest BCUT2D eigenvalue weighted by Gasteiger charge is -2.22. The third-order valence-corrected chi connectivity index (χ3v) is 3.92. The van der Waals surface area contributed by atoms with E-state index in [4.69, 9.17) is 0 Å². The molecule has 104 valence electrons. The van der Waals surface area contributed by atoms with Gasteiger partial charge in [0.15, 0.2) is 0 Å². The molecule has 0 aromatic heterocycles. The van der Waals surface area contributed by atoms with Crippen LogP contribution in [0.3, 0.4) is 0 Å². The van der Waals surface area contributed by atoms with Crippen molar-refractivity contribution in [2.75, 3.05) is 13.1 Å². The molecule has 2 N–H and O–H groups in total. The molecule has 1 fully saturated rings. The molecule has 0 saturated carbocycles. The molecule has 3 heteroatoms. The number of carbonyl (C=O) groups excluding carboxylic acids is 1. The molecule has 0 aliphatic carbocycles. The first-order valence-corrected chi connectivity index (χ1v) is 7.30. The van der Waals surface area contributed by atoms with E-state index >= 15 is 0 Å². The van der Waals surface area contributed by atoms with Crippen molar-refractivity contribution in [3.05, 3.63) is 35.9 Å². The average molecular weight is 260 g/mol. The third-order valence-electron chi connectivity index (χ3n) is 3.92. The first kappa shape index (κ1) is 14.1. The molecule has 1 aromatic carbocycles. The van der Waals surface area contributed by atoms with Gasteiger partial charge in [0, 0.05) is 6.42 Å². The van der Waals surface area contributed by atoms with Crippen LogP contribution in [-0.2, 0) is 4.79 Å². The fraction of sp³-hybridized carbons (Fsp3) is 0.562. The zero-order valence-corrected chi connectivity index (χ0v) is 11.7. The molecule has 1 atom stereocenters. The molecule has 0 bridgehead atoms. The van der Waals surface area contributed by atoms with E-state index in [-0.39, 0.29) is 11.9 Å². The maximum Gasteiger partial charge on any atom is 0.220 e. The van der Waals surface area contributed by atoms with Gasteiger partial charge in [0.2, 0.25) is 5.91 Å². The number of hydrogen-bond acceptors (Lipinski definition) is 2. The molecular formula is C16H24N2O. The Kier molecular flexibility index (Phi) is 5.40. The molecule has 1 unspecified atom stereocenters. The number of amides is 1. The molecule has 1 saturated heterocycles. The van der Waals surface area contributed by atoms with E-state index in [9.17, 15) is 4.79 Å². The third kappa shape index (κ3) is 4.67. The van der Waals surface area contributed by atoms with E-state index in [0.29, 0.717) is 6.42 Å². The summed E-state index contributed by atoms with van der Waals surface area (Å²) in [4.78, 5) is 11.9. The van der Waals surface area contributed by atoms with Crippen LogP contribution in [0.15, 0.2) is 30.3 Å². The maximum absolute atomic E-state index is 11.9.